The number of allylic oxidation sites excluding steroid dienone is 3. The Kier molecular flexibility index (Phi) is 9.50. The van der Waals surface area contributed by atoms with E-state index >= 15 is 0 Å². The highest BCUT2D eigenvalue weighted by atomic mass is 35.5. The number of carbonyl (C=O) groups excluding carboxylic acids is 2. The van der Waals surface area contributed by atoms with Crippen LogP contribution in [-0.4, -0.2) is 42.6 Å². The lowest BCUT2D eigenvalue weighted by Gasteiger charge is -2.15. The van der Waals surface area contributed by atoms with Gasteiger partial charge in [0.05, 0.1) is 12.1 Å². The van der Waals surface area contributed by atoms with Crippen LogP contribution in [0.2, 0.25) is 0 Å². The van der Waals surface area contributed by atoms with Crippen molar-refractivity contribution in [2.45, 2.75) is 19.9 Å². The number of carbonyl (C=O) groups is 2. The van der Waals surface area contributed by atoms with Crippen molar-refractivity contribution >= 4 is 36.2 Å². The maximum atomic E-state index is 10.8. The number of alkyl halides is 1. The predicted molar refractivity (Wildman–Crippen MR) is 75.5 cm³/mol. The molecule has 1 heterocycles. The first-order valence-electron chi connectivity index (χ1n) is 5.40. The summed E-state index contributed by atoms with van der Waals surface area (Å²) >= 11 is 7.44. The fraction of sp³-hybridized carbons (Fsp3) is 0.500. The summed E-state index contributed by atoms with van der Waals surface area (Å²) in [6, 6.07) is 0.289. The molecule has 0 aliphatic carbocycles. The normalized spacial score (nSPS) is 21.3. The molecule has 1 aliphatic heterocycles. The number of ether oxygens (including phenoxy) is 1. The van der Waals surface area contributed by atoms with Gasteiger partial charge in [0.15, 0.2) is 0 Å². The number of amides is 1. The average molecular weight is 292 g/mol. The molecule has 0 aromatic rings. The highest BCUT2D eigenvalue weighted by Crippen LogP contribution is 2.31. The van der Waals surface area contributed by atoms with Gasteiger partial charge >= 0.3 is 0 Å². The van der Waals surface area contributed by atoms with Crippen LogP contribution in [0.25, 0.3) is 0 Å². The summed E-state index contributed by atoms with van der Waals surface area (Å²) in [6.45, 7) is 4.36. The molecule has 18 heavy (non-hydrogen) atoms. The second-order valence-electron chi connectivity index (χ2n) is 3.48. The van der Waals surface area contributed by atoms with Crippen LogP contribution in [0.15, 0.2) is 22.8 Å². The quantitative estimate of drug-likeness (QED) is 0.589. The van der Waals surface area contributed by atoms with Gasteiger partial charge in [-0.2, -0.15) is 0 Å². The zero-order chi connectivity index (χ0) is 14.0. The molecule has 0 aromatic heterocycles. The van der Waals surface area contributed by atoms with E-state index in [-0.39, 0.29) is 6.04 Å². The van der Waals surface area contributed by atoms with Gasteiger partial charge in [-0.3, -0.25) is 9.59 Å². The standard InChI is InChI=1S/C10H14ClNOS.C2H4O2/c1-3-9(5-11)4-10-12(7-13)8(2)6-14-10;1-4-2-3/h3-4,7-8H,5-6H2,1-2H3;2H,1H3/b9-3+,10-4+;. The van der Waals surface area contributed by atoms with E-state index in [2.05, 4.69) is 4.74 Å². The SMILES string of the molecule is C/C=C(\C=C1\SCC(C)N1C=O)CCl.COC=O. The van der Waals surface area contributed by atoms with E-state index in [9.17, 15) is 4.79 Å². The Morgan fingerprint density at radius 2 is 2.22 bits per heavy atom. The molecule has 1 saturated heterocycles. The van der Waals surface area contributed by atoms with Crippen LogP contribution in [0, 0.1) is 0 Å². The minimum absolute atomic E-state index is 0.289. The van der Waals surface area contributed by atoms with Gasteiger partial charge in [0, 0.05) is 17.7 Å². The average Bonchev–Trinajstić information content (AvgIpc) is 2.76. The van der Waals surface area contributed by atoms with E-state index in [1.165, 1.54) is 7.11 Å². The Hall–Kier alpha value is -0.940. The third-order valence-corrected chi connectivity index (χ3v) is 3.83. The molecule has 0 N–H and O–H groups in total. The van der Waals surface area contributed by atoms with Crippen molar-refractivity contribution in [2.24, 2.45) is 0 Å². The zero-order valence-electron chi connectivity index (χ0n) is 10.8. The first-order chi connectivity index (χ1) is 8.64. The lowest BCUT2D eigenvalue weighted by Crippen LogP contribution is -2.25. The number of thioether (sulfide) groups is 1. The van der Waals surface area contributed by atoms with Gasteiger partial charge in [-0.1, -0.05) is 6.08 Å². The van der Waals surface area contributed by atoms with E-state index in [0.29, 0.717) is 12.4 Å². The van der Waals surface area contributed by atoms with Gasteiger partial charge in [-0.05, 0) is 25.5 Å². The molecule has 6 heteroatoms. The third kappa shape index (κ3) is 5.60. The van der Waals surface area contributed by atoms with Gasteiger partial charge in [0.1, 0.15) is 0 Å². The topological polar surface area (TPSA) is 46.6 Å². The maximum absolute atomic E-state index is 10.8. The van der Waals surface area contributed by atoms with Crippen LogP contribution in [0.1, 0.15) is 13.8 Å². The van der Waals surface area contributed by atoms with Crippen LogP contribution in [0.4, 0.5) is 0 Å². The van der Waals surface area contributed by atoms with Gasteiger partial charge < -0.3 is 9.64 Å². The van der Waals surface area contributed by atoms with E-state index in [4.69, 9.17) is 16.4 Å². The molecule has 0 bridgehead atoms. The van der Waals surface area contributed by atoms with Crippen molar-refractivity contribution in [3.05, 3.63) is 22.8 Å². The fourth-order valence-electron chi connectivity index (χ4n) is 1.21. The number of hydrogen-bond acceptors (Lipinski definition) is 4. The molecule has 1 rings (SSSR count). The Morgan fingerprint density at radius 3 is 2.61 bits per heavy atom. The van der Waals surface area contributed by atoms with Crippen molar-refractivity contribution < 1.29 is 14.3 Å². The molecule has 0 radical (unpaired) electrons. The smallest absolute Gasteiger partial charge is 0.292 e. The molecule has 0 saturated carbocycles. The summed E-state index contributed by atoms with van der Waals surface area (Å²) in [5, 5.41) is 1.00. The second kappa shape index (κ2) is 10.0. The number of rotatable bonds is 4. The van der Waals surface area contributed by atoms with Crippen LogP contribution >= 0.6 is 23.4 Å². The molecular weight excluding hydrogens is 274 g/mol. The lowest BCUT2D eigenvalue weighted by atomic mass is 10.3. The summed E-state index contributed by atoms with van der Waals surface area (Å²) in [5.74, 6) is 1.45. The van der Waals surface area contributed by atoms with Crippen molar-refractivity contribution in [1.29, 1.82) is 0 Å². The van der Waals surface area contributed by atoms with Gasteiger partial charge in [0.25, 0.3) is 6.47 Å². The maximum Gasteiger partial charge on any atom is 0.292 e. The number of methoxy groups -OCH3 is 1. The largest absolute Gasteiger partial charge is 0.471 e. The van der Waals surface area contributed by atoms with Gasteiger partial charge in [-0.25, -0.2) is 0 Å². The summed E-state index contributed by atoms with van der Waals surface area (Å²) in [4.78, 5) is 21.5. The molecule has 4 nitrogen and oxygen atoms in total. The monoisotopic (exact) mass is 291 g/mol. The highest BCUT2D eigenvalue weighted by molar-refractivity contribution is 8.03. The summed E-state index contributed by atoms with van der Waals surface area (Å²) in [6.07, 6.45) is 4.83. The Bertz CT molecular complexity index is 331. The molecule has 1 atom stereocenters. The van der Waals surface area contributed by atoms with Crippen molar-refractivity contribution in [3.63, 3.8) is 0 Å². The molecule has 0 aromatic carbocycles. The lowest BCUT2D eigenvalue weighted by molar-refractivity contribution is -0.126. The van der Waals surface area contributed by atoms with E-state index in [1.54, 1.807) is 16.7 Å². The molecule has 1 aliphatic rings. The van der Waals surface area contributed by atoms with Crippen LogP contribution < -0.4 is 0 Å². The molecule has 1 amide bonds. The molecule has 102 valence electrons. The minimum Gasteiger partial charge on any atom is -0.471 e. The van der Waals surface area contributed by atoms with Crippen LogP contribution in [0.5, 0.6) is 0 Å². The number of halogens is 1. The van der Waals surface area contributed by atoms with E-state index in [1.807, 2.05) is 26.0 Å². The van der Waals surface area contributed by atoms with Crippen molar-refractivity contribution in [2.75, 3.05) is 18.7 Å². The van der Waals surface area contributed by atoms with Gasteiger partial charge in [-0.15, -0.1) is 23.4 Å². The summed E-state index contributed by atoms with van der Waals surface area (Å²) in [7, 11) is 1.31. The molecule has 1 unspecified atom stereocenters. The Balaban J connectivity index is 0.000000631. The van der Waals surface area contributed by atoms with Gasteiger partial charge in [0.2, 0.25) is 6.41 Å². The molecule has 1 fully saturated rings. The summed E-state index contributed by atoms with van der Waals surface area (Å²) < 4.78 is 3.86. The summed E-state index contributed by atoms with van der Waals surface area (Å²) in [5.41, 5.74) is 1.05. The van der Waals surface area contributed by atoms with Crippen molar-refractivity contribution in [3.8, 4) is 0 Å². The first kappa shape index (κ1) is 17.1. The fourth-order valence-corrected chi connectivity index (χ4v) is 2.62. The second-order valence-corrected chi connectivity index (χ2v) is 4.79. The minimum atomic E-state index is 0.289. The van der Waals surface area contributed by atoms with E-state index in [0.717, 1.165) is 22.8 Å². The van der Waals surface area contributed by atoms with Crippen LogP contribution in [0.3, 0.4) is 0 Å². The molecule has 0 spiro atoms. The Labute approximate surface area is 117 Å². The third-order valence-electron chi connectivity index (χ3n) is 2.25. The highest BCUT2D eigenvalue weighted by Gasteiger charge is 2.24. The molecular formula is C12H18ClNO3S. The van der Waals surface area contributed by atoms with Crippen LogP contribution in [-0.2, 0) is 14.3 Å². The predicted octanol–water partition coefficient (Wildman–Crippen LogP) is 2.40. The zero-order valence-corrected chi connectivity index (χ0v) is 12.3. The number of nitrogens with zero attached hydrogens (tertiary/aromatic N) is 1. The Morgan fingerprint density at radius 1 is 1.61 bits per heavy atom. The van der Waals surface area contributed by atoms with Crippen molar-refractivity contribution in [1.82, 2.24) is 4.90 Å². The number of hydrogen-bond donors (Lipinski definition) is 0. The first-order valence-corrected chi connectivity index (χ1v) is 6.92. The van der Waals surface area contributed by atoms with E-state index < -0.39 is 0 Å².